The molecular formula is C16H25ClN2O. The third-order valence-corrected chi connectivity index (χ3v) is 3.83. The molecule has 1 atom stereocenters. The van der Waals surface area contributed by atoms with Crippen LogP contribution in [0.4, 0.5) is 0 Å². The van der Waals surface area contributed by atoms with Crippen LogP contribution in [-0.4, -0.2) is 23.9 Å². The monoisotopic (exact) mass is 296 g/mol. The summed E-state index contributed by atoms with van der Waals surface area (Å²) in [6.45, 7) is 1.81. The Kier molecular flexibility index (Phi) is 7.63. The minimum absolute atomic E-state index is 0. The van der Waals surface area contributed by atoms with Gasteiger partial charge in [0.25, 0.3) is 0 Å². The highest BCUT2D eigenvalue weighted by atomic mass is 35.5. The number of carbonyl (C=O) groups is 1. The largest absolute Gasteiger partial charge is 0.343 e. The van der Waals surface area contributed by atoms with Crippen molar-refractivity contribution in [2.75, 3.05) is 13.1 Å². The minimum Gasteiger partial charge on any atom is -0.343 e. The molecule has 2 N–H and O–H groups in total. The molecule has 20 heavy (non-hydrogen) atoms. The van der Waals surface area contributed by atoms with Gasteiger partial charge < -0.3 is 10.6 Å². The summed E-state index contributed by atoms with van der Waals surface area (Å²) in [6, 6.07) is 9.71. The highest BCUT2D eigenvalue weighted by molar-refractivity contribution is 5.85. The van der Waals surface area contributed by atoms with Crippen LogP contribution in [0.3, 0.4) is 0 Å². The van der Waals surface area contributed by atoms with Gasteiger partial charge in [-0.15, -0.1) is 12.4 Å². The number of rotatable bonds is 3. The number of nitrogens with zero attached hydrogens (tertiary/aromatic N) is 1. The predicted molar refractivity (Wildman–Crippen MR) is 84.9 cm³/mol. The Hall–Kier alpha value is -1.06. The molecule has 1 unspecified atom stereocenters. The van der Waals surface area contributed by atoms with Crippen LogP contribution in [-0.2, 0) is 4.79 Å². The minimum atomic E-state index is -0.181. The summed E-state index contributed by atoms with van der Waals surface area (Å²) < 4.78 is 0. The molecule has 1 aliphatic rings. The zero-order valence-electron chi connectivity index (χ0n) is 12.0. The molecule has 1 aromatic rings. The van der Waals surface area contributed by atoms with Crippen molar-refractivity contribution in [1.82, 2.24) is 4.90 Å². The Labute approximate surface area is 127 Å². The third-order valence-electron chi connectivity index (χ3n) is 3.83. The fraction of sp³-hybridized carbons (Fsp3) is 0.562. The van der Waals surface area contributed by atoms with Gasteiger partial charge in [-0.1, -0.05) is 49.6 Å². The molecule has 1 heterocycles. The van der Waals surface area contributed by atoms with Crippen LogP contribution < -0.4 is 5.73 Å². The molecule has 1 aliphatic heterocycles. The highest BCUT2D eigenvalue weighted by Crippen LogP contribution is 2.17. The first-order valence-corrected chi connectivity index (χ1v) is 7.35. The standard InChI is InChI=1S/C16H24N2O.ClH/c17-15(14-9-5-4-6-10-14)13-16(19)18-11-7-2-1-3-8-12-18;/h4-6,9-10,15H,1-3,7-8,11-13,17H2;1H. The maximum Gasteiger partial charge on any atom is 0.224 e. The summed E-state index contributed by atoms with van der Waals surface area (Å²) in [4.78, 5) is 14.3. The summed E-state index contributed by atoms with van der Waals surface area (Å²) in [6.07, 6.45) is 6.48. The topological polar surface area (TPSA) is 46.3 Å². The molecule has 0 aromatic heterocycles. The van der Waals surface area contributed by atoms with Crippen LogP contribution in [0.5, 0.6) is 0 Å². The van der Waals surface area contributed by atoms with Crippen LogP contribution in [0.2, 0.25) is 0 Å². The third kappa shape index (κ3) is 5.14. The molecule has 112 valence electrons. The Bertz CT molecular complexity index is 389. The highest BCUT2D eigenvalue weighted by Gasteiger charge is 2.18. The molecule has 0 bridgehead atoms. The van der Waals surface area contributed by atoms with Gasteiger partial charge in [-0.05, 0) is 18.4 Å². The van der Waals surface area contributed by atoms with Gasteiger partial charge in [-0.3, -0.25) is 4.79 Å². The van der Waals surface area contributed by atoms with E-state index in [0.717, 1.165) is 31.5 Å². The Morgan fingerprint density at radius 3 is 2.20 bits per heavy atom. The van der Waals surface area contributed by atoms with Gasteiger partial charge in [0.05, 0.1) is 0 Å². The fourth-order valence-corrected chi connectivity index (χ4v) is 2.63. The average Bonchev–Trinajstić information content (AvgIpc) is 2.39. The van der Waals surface area contributed by atoms with Gasteiger partial charge in [0.15, 0.2) is 0 Å². The van der Waals surface area contributed by atoms with E-state index in [1.807, 2.05) is 35.2 Å². The van der Waals surface area contributed by atoms with E-state index < -0.39 is 0 Å². The van der Waals surface area contributed by atoms with Gasteiger partial charge in [0.1, 0.15) is 0 Å². The van der Waals surface area contributed by atoms with Crippen LogP contribution in [0.25, 0.3) is 0 Å². The zero-order chi connectivity index (χ0) is 13.5. The van der Waals surface area contributed by atoms with Crippen LogP contribution in [0.15, 0.2) is 30.3 Å². The van der Waals surface area contributed by atoms with Crippen molar-refractivity contribution < 1.29 is 4.79 Å². The molecule has 0 saturated carbocycles. The molecule has 3 nitrogen and oxygen atoms in total. The van der Waals surface area contributed by atoms with Crippen molar-refractivity contribution in [2.45, 2.75) is 44.6 Å². The quantitative estimate of drug-likeness (QED) is 0.930. The van der Waals surface area contributed by atoms with E-state index in [1.165, 1.54) is 19.3 Å². The smallest absolute Gasteiger partial charge is 0.224 e. The Balaban J connectivity index is 0.00000200. The van der Waals surface area contributed by atoms with Crippen molar-refractivity contribution >= 4 is 18.3 Å². The van der Waals surface area contributed by atoms with Gasteiger partial charge in [-0.2, -0.15) is 0 Å². The second-order valence-electron chi connectivity index (χ2n) is 5.37. The number of likely N-dealkylation sites (tertiary alicyclic amines) is 1. The van der Waals surface area contributed by atoms with Crippen molar-refractivity contribution in [3.05, 3.63) is 35.9 Å². The predicted octanol–water partition coefficient (Wildman–Crippen LogP) is 3.29. The normalized spacial score (nSPS) is 17.6. The number of hydrogen-bond donors (Lipinski definition) is 1. The number of hydrogen-bond acceptors (Lipinski definition) is 2. The number of carbonyl (C=O) groups excluding carboxylic acids is 1. The summed E-state index contributed by atoms with van der Waals surface area (Å²) >= 11 is 0. The van der Waals surface area contributed by atoms with Gasteiger partial charge in [0, 0.05) is 25.6 Å². The van der Waals surface area contributed by atoms with Crippen molar-refractivity contribution in [3.63, 3.8) is 0 Å². The first-order chi connectivity index (χ1) is 9.27. The van der Waals surface area contributed by atoms with Crippen molar-refractivity contribution in [2.24, 2.45) is 5.73 Å². The molecule has 1 fully saturated rings. The molecule has 2 rings (SSSR count). The Morgan fingerprint density at radius 1 is 1.05 bits per heavy atom. The van der Waals surface area contributed by atoms with Gasteiger partial charge in [0.2, 0.25) is 5.91 Å². The van der Waals surface area contributed by atoms with E-state index in [1.54, 1.807) is 0 Å². The van der Waals surface area contributed by atoms with Crippen LogP contribution in [0, 0.1) is 0 Å². The Morgan fingerprint density at radius 2 is 1.60 bits per heavy atom. The van der Waals surface area contributed by atoms with Gasteiger partial charge >= 0.3 is 0 Å². The maximum atomic E-state index is 12.3. The molecule has 0 radical (unpaired) electrons. The number of benzene rings is 1. The summed E-state index contributed by atoms with van der Waals surface area (Å²) in [5, 5.41) is 0. The van der Waals surface area contributed by atoms with Gasteiger partial charge in [-0.25, -0.2) is 0 Å². The molecular weight excluding hydrogens is 272 g/mol. The average molecular weight is 297 g/mol. The number of amides is 1. The lowest BCUT2D eigenvalue weighted by Gasteiger charge is -2.26. The SMILES string of the molecule is Cl.NC(CC(=O)N1CCCCCCC1)c1ccccc1. The van der Waals surface area contributed by atoms with E-state index in [-0.39, 0.29) is 24.4 Å². The molecule has 0 aliphatic carbocycles. The van der Waals surface area contributed by atoms with Crippen LogP contribution >= 0.6 is 12.4 Å². The second kappa shape index (κ2) is 8.98. The summed E-state index contributed by atoms with van der Waals surface area (Å²) in [5.41, 5.74) is 7.17. The lowest BCUT2D eigenvalue weighted by Crippen LogP contribution is -2.35. The molecule has 0 spiro atoms. The summed E-state index contributed by atoms with van der Waals surface area (Å²) in [5.74, 6) is 0.207. The van der Waals surface area contributed by atoms with E-state index in [2.05, 4.69) is 0 Å². The lowest BCUT2D eigenvalue weighted by molar-refractivity contribution is -0.131. The van der Waals surface area contributed by atoms with E-state index in [0.29, 0.717) is 6.42 Å². The molecule has 1 saturated heterocycles. The summed E-state index contributed by atoms with van der Waals surface area (Å²) in [7, 11) is 0. The maximum absolute atomic E-state index is 12.3. The zero-order valence-corrected chi connectivity index (χ0v) is 12.8. The molecule has 1 amide bonds. The van der Waals surface area contributed by atoms with E-state index >= 15 is 0 Å². The number of nitrogens with two attached hydrogens (primary N) is 1. The first-order valence-electron chi connectivity index (χ1n) is 7.35. The van der Waals surface area contributed by atoms with E-state index in [4.69, 9.17) is 5.73 Å². The molecule has 4 heteroatoms. The molecule has 1 aromatic carbocycles. The van der Waals surface area contributed by atoms with Crippen LogP contribution in [0.1, 0.15) is 50.1 Å². The fourth-order valence-electron chi connectivity index (χ4n) is 2.63. The first kappa shape index (κ1) is 17.0. The lowest BCUT2D eigenvalue weighted by atomic mass is 10.0. The second-order valence-corrected chi connectivity index (χ2v) is 5.37. The number of halogens is 1. The van der Waals surface area contributed by atoms with E-state index in [9.17, 15) is 4.79 Å². The van der Waals surface area contributed by atoms with Crippen molar-refractivity contribution in [1.29, 1.82) is 0 Å². The van der Waals surface area contributed by atoms with Crippen molar-refractivity contribution in [3.8, 4) is 0 Å².